The van der Waals surface area contributed by atoms with Crippen molar-refractivity contribution in [3.05, 3.63) is 45.7 Å². The molecule has 2 aliphatic rings. The SMILES string of the molecule is Cc1ccc2[nH]c(=O)c(C[C@H](C#N)NC(=O)[C@@H]3[C@H]4[C@H](CN3C(=O)[C@@H](NC(=O)C(F)(F)F)C(C)(C)C)C4(C)C)cc2c1. The van der Waals surface area contributed by atoms with E-state index in [-0.39, 0.29) is 30.2 Å². The molecule has 3 amide bonds. The minimum Gasteiger partial charge on any atom is -0.338 e. The van der Waals surface area contributed by atoms with E-state index in [2.05, 4.69) is 10.3 Å². The number of fused-ring (bicyclic) bond motifs is 2. The molecule has 1 aromatic heterocycles. The molecule has 12 heteroatoms. The monoisotopic (exact) mass is 573 g/mol. The van der Waals surface area contributed by atoms with Crippen molar-refractivity contribution < 1.29 is 27.6 Å². The lowest BCUT2D eigenvalue weighted by molar-refractivity contribution is -0.176. The van der Waals surface area contributed by atoms with Crippen LogP contribution in [0.3, 0.4) is 0 Å². The van der Waals surface area contributed by atoms with Gasteiger partial charge in [0.15, 0.2) is 0 Å². The van der Waals surface area contributed by atoms with Gasteiger partial charge in [-0.05, 0) is 53.2 Å². The largest absolute Gasteiger partial charge is 0.471 e. The van der Waals surface area contributed by atoms with Crippen molar-refractivity contribution in [2.45, 2.75) is 72.3 Å². The first-order chi connectivity index (χ1) is 18.9. The number of carbonyl (C=O) groups excluding carboxylic acids is 3. The number of hydrogen-bond acceptors (Lipinski definition) is 5. The molecule has 1 saturated carbocycles. The summed E-state index contributed by atoms with van der Waals surface area (Å²) in [5, 5.41) is 15.1. The summed E-state index contributed by atoms with van der Waals surface area (Å²) in [6.45, 7) is 10.5. The zero-order valence-electron chi connectivity index (χ0n) is 23.8. The molecule has 2 aromatic rings. The summed E-state index contributed by atoms with van der Waals surface area (Å²) in [7, 11) is 0. The first kappa shape index (κ1) is 30.1. The summed E-state index contributed by atoms with van der Waals surface area (Å²) in [4.78, 5) is 55.7. The van der Waals surface area contributed by atoms with Gasteiger partial charge in [0.1, 0.15) is 18.1 Å². The van der Waals surface area contributed by atoms with Gasteiger partial charge in [0.05, 0.1) is 6.07 Å². The molecule has 41 heavy (non-hydrogen) atoms. The Hall–Kier alpha value is -3.88. The van der Waals surface area contributed by atoms with E-state index in [9.17, 15) is 37.6 Å². The van der Waals surface area contributed by atoms with Crippen LogP contribution in [0.2, 0.25) is 0 Å². The molecule has 9 nitrogen and oxygen atoms in total. The Kier molecular flexibility index (Phi) is 7.48. The smallest absolute Gasteiger partial charge is 0.338 e. The van der Waals surface area contributed by atoms with Gasteiger partial charge in [-0.1, -0.05) is 46.2 Å². The van der Waals surface area contributed by atoms with Crippen molar-refractivity contribution in [1.82, 2.24) is 20.5 Å². The zero-order valence-corrected chi connectivity index (χ0v) is 23.8. The number of alkyl halides is 3. The number of carbonyl (C=O) groups is 3. The van der Waals surface area contributed by atoms with Crippen molar-refractivity contribution in [1.29, 1.82) is 5.26 Å². The van der Waals surface area contributed by atoms with Crippen LogP contribution in [-0.4, -0.2) is 58.5 Å². The van der Waals surface area contributed by atoms with Crippen molar-refractivity contribution in [3.8, 4) is 6.07 Å². The predicted molar refractivity (Wildman–Crippen MR) is 144 cm³/mol. The third kappa shape index (κ3) is 5.80. The number of aromatic amines is 1. The second-order valence-corrected chi connectivity index (χ2v) is 12.8. The maximum atomic E-state index is 13.6. The third-order valence-electron chi connectivity index (χ3n) is 8.38. The highest BCUT2D eigenvalue weighted by Crippen LogP contribution is 2.65. The first-order valence-corrected chi connectivity index (χ1v) is 13.4. The summed E-state index contributed by atoms with van der Waals surface area (Å²) in [6, 6.07) is 5.49. The molecule has 3 N–H and O–H groups in total. The number of pyridine rings is 1. The average Bonchev–Trinajstić information content (AvgIpc) is 3.19. The van der Waals surface area contributed by atoms with E-state index in [0.29, 0.717) is 11.1 Å². The van der Waals surface area contributed by atoms with Crippen LogP contribution in [0, 0.1) is 40.9 Å². The molecule has 1 aromatic carbocycles. The van der Waals surface area contributed by atoms with Gasteiger partial charge in [-0.3, -0.25) is 19.2 Å². The number of aromatic nitrogens is 1. The highest BCUT2D eigenvalue weighted by atomic mass is 19.4. The number of nitriles is 1. The molecule has 2 heterocycles. The number of aryl methyl sites for hydroxylation is 1. The second kappa shape index (κ2) is 10.2. The number of rotatable bonds is 6. The van der Waals surface area contributed by atoms with Crippen LogP contribution in [0.5, 0.6) is 0 Å². The zero-order chi connectivity index (χ0) is 30.7. The van der Waals surface area contributed by atoms with E-state index in [1.165, 1.54) is 25.7 Å². The first-order valence-electron chi connectivity index (χ1n) is 13.4. The van der Waals surface area contributed by atoms with Crippen LogP contribution in [0.15, 0.2) is 29.1 Å². The number of likely N-dealkylation sites (tertiary alicyclic amines) is 1. The summed E-state index contributed by atoms with van der Waals surface area (Å²) in [6.07, 6.45) is -5.28. The maximum absolute atomic E-state index is 13.6. The second-order valence-electron chi connectivity index (χ2n) is 12.8. The Bertz CT molecular complexity index is 1500. The summed E-state index contributed by atoms with van der Waals surface area (Å²) in [5.41, 5.74) is 0.113. The molecule has 5 atom stereocenters. The van der Waals surface area contributed by atoms with Crippen molar-refractivity contribution in [3.63, 3.8) is 0 Å². The Labute approximate surface area is 235 Å². The quantitative estimate of drug-likeness (QED) is 0.489. The van der Waals surface area contributed by atoms with Crippen LogP contribution in [0.1, 0.15) is 45.7 Å². The highest BCUT2D eigenvalue weighted by molar-refractivity contribution is 5.95. The number of piperidine rings is 1. The number of halogens is 3. The average molecular weight is 574 g/mol. The molecular weight excluding hydrogens is 539 g/mol. The topological polar surface area (TPSA) is 135 Å². The van der Waals surface area contributed by atoms with Crippen molar-refractivity contribution in [2.75, 3.05) is 6.54 Å². The van der Waals surface area contributed by atoms with Crippen molar-refractivity contribution in [2.24, 2.45) is 22.7 Å². The lowest BCUT2D eigenvalue weighted by Gasteiger charge is -2.37. The van der Waals surface area contributed by atoms with E-state index in [1.807, 2.05) is 44.3 Å². The highest BCUT2D eigenvalue weighted by Gasteiger charge is 2.70. The molecule has 1 aliphatic heterocycles. The summed E-state index contributed by atoms with van der Waals surface area (Å²) >= 11 is 0. The van der Waals surface area contributed by atoms with Gasteiger partial charge in [-0.25, -0.2) is 0 Å². The Morgan fingerprint density at radius 3 is 2.41 bits per heavy atom. The van der Waals surface area contributed by atoms with Crippen LogP contribution in [0.4, 0.5) is 13.2 Å². The van der Waals surface area contributed by atoms with Gasteiger partial charge in [0.25, 0.3) is 5.56 Å². The standard InChI is InChI=1S/C29H34F3N5O4/c1-14-7-8-19-15(9-14)10-16(23(38)35-19)11-17(12-33)34-24(39)21-20-18(28(20,5)6)13-37(21)25(40)22(27(2,3)4)36-26(41)29(30,31)32/h7-10,17-18,20-22H,11,13H2,1-6H3,(H,34,39)(H,35,38)(H,36,41)/t17-,18+,20-,21+,22-/m1/s1. The third-order valence-corrected chi connectivity index (χ3v) is 8.38. The normalized spacial score (nSPS) is 22.8. The molecule has 0 radical (unpaired) electrons. The molecule has 0 bridgehead atoms. The fourth-order valence-corrected chi connectivity index (χ4v) is 5.97. The Morgan fingerprint density at radius 2 is 1.83 bits per heavy atom. The number of amides is 3. The fourth-order valence-electron chi connectivity index (χ4n) is 5.97. The summed E-state index contributed by atoms with van der Waals surface area (Å²) < 4.78 is 39.2. The minimum absolute atomic E-state index is 0.0757. The number of H-pyrrole nitrogens is 1. The van der Waals surface area contributed by atoms with E-state index in [0.717, 1.165) is 10.9 Å². The molecule has 220 valence electrons. The molecule has 2 fully saturated rings. The number of hydrogen-bond donors (Lipinski definition) is 3. The lowest BCUT2D eigenvalue weighted by atomic mass is 9.85. The van der Waals surface area contributed by atoms with Crippen molar-refractivity contribution >= 4 is 28.6 Å². The fraction of sp³-hybridized carbons (Fsp3) is 0.552. The van der Waals surface area contributed by atoms with Gasteiger partial charge < -0.3 is 20.5 Å². The predicted octanol–water partition coefficient (Wildman–Crippen LogP) is 2.96. The number of nitrogens with zero attached hydrogens (tertiary/aromatic N) is 2. The number of benzene rings is 1. The van der Waals surface area contributed by atoms with Gasteiger partial charge in [-0.15, -0.1) is 0 Å². The Morgan fingerprint density at radius 1 is 1.17 bits per heavy atom. The van der Waals surface area contributed by atoms with Gasteiger partial charge in [0.2, 0.25) is 11.8 Å². The van der Waals surface area contributed by atoms with Crippen LogP contribution in [-0.2, 0) is 20.8 Å². The lowest BCUT2D eigenvalue weighted by Crippen LogP contribution is -2.61. The maximum Gasteiger partial charge on any atom is 0.471 e. The Balaban J connectivity index is 1.58. The minimum atomic E-state index is -5.19. The van der Waals surface area contributed by atoms with E-state index in [4.69, 9.17) is 0 Å². The van der Waals surface area contributed by atoms with Gasteiger partial charge >= 0.3 is 12.1 Å². The molecule has 1 saturated heterocycles. The van der Waals surface area contributed by atoms with Crippen LogP contribution >= 0.6 is 0 Å². The van der Waals surface area contributed by atoms with E-state index in [1.54, 1.807) is 12.1 Å². The van der Waals surface area contributed by atoms with E-state index >= 15 is 0 Å². The van der Waals surface area contributed by atoms with E-state index < -0.39 is 53.0 Å². The molecule has 0 unspecified atom stereocenters. The van der Waals surface area contributed by atoms with Crippen LogP contribution < -0.4 is 16.2 Å². The molecule has 1 aliphatic carbocycles. The summed E-state index contributed by atoms with van der Waals surface area (Å²) in [5.74, 6) is -4.03. The molecular formula is C29H34F3N5O4. The van der Waals surface area contributed by atoms with Gasteiger partial charge in [-0.2, -0.15) is 18.4 Å². The molecule has 0 spiro atoms. The number of nitrogens with one attached hydrogen (secondary N) is 3. The van der Waals surface area contributed by atoms with Gasteiger partial charge in [0, 0.05) is 24.0 Å². The molecule has 4 rings (SSSR count). The van der Waals surface area contributed by atoms with Crippen LogP contribution in [0.25, 0.3) is 10.9 Å².